The van der Waals surface area contributed by atoms with E-state index in [-0.39, 0.29) is 11.3 Å². The first-order chi connectivity index (χ1) is 7.48. The Balaban J connectivity index is 2.32. The third-order valence-corrected chi connectivity index (χ3v) is 3.31. The molecule has 0 radical (unpaired) electrons. The molecule has 94 valence electrons. The van der Waals surface area contributed by atoms with E-state index in [9.17, 15) is 4.79 Å². The van der Waals surface area contributed by atoms with Gasteiger partial charge in [-0.3, -0.25) is 4.79 Å². The van der Waals surface area contributed by atoms with Crippen LogP contribution in [-0.4, -0.2) is 50.1 Å². The van der Waals surface area contributed by atoms with Crippen LogP contribution in [0.2, 0.25) is 0 Å². The molecule has 1 atom stereocenters. The van der Waals surface area contributed by atoms with Gasteiger partial charge in [0.2, 0.25) is 5.91 Å². The van der Waals surface area contributed by atoms with Gasteiger partial charge in [0.1, 0.15) is 0 Å². The number of rotatable bonds is 5. The second kappa shape index (κ2) is 5.64. The lowest BCUT2D eigenvalue weighted by atomic mass is 9.89. The second-order valence-corrected chi connectivity index (χ2v) is 5.27. The number of hydrogen-bond acceptors (Lipinski definition) is 3. The van der Waals surface area contributed by atoms with Crippen LogP contribution in [-0.2, 0) is 4.79 Å². The molecule has 0 aromatic rings. The second-order valence-electron chi connectivity index (χ2n) is 5.27. The minimum atomic E-state index is -0.188. The quantitative estimate of drug-likeness (QED) is 0.716. The van der Waals surface area contributed by atoms with Crippen molar-refractivity contribution in [3.8, 4) is 0 Å². The standard InChI is InChI=1S/C12H25N3O/c1-10(2)14-6-8-15-7-5-12(3,9-15)11(16)13-4/h10,14H,5-9H2,1-4H3,(H,13,16). The minimum absolute atomic E-state index is 0.173. The molecular weight excluding hydrogens is 202 g/mol. The van der Waals surface area contributed by atoms with Crippen LogP contribution in [0.4, 0.5) is 0 Å². The zero-order chi connectivity index (χ0) is 12.2. The van der Waals surface area contributed by atoms with Crippen molar-refractivity contribution < 1.29 is 4.79 Å². The highest BCUT2D eigenvalue weighted by atomic mass is 16.2. The van der Waals surface area contributed by atoms with Crippen molar-refractivity contribution in [3.05, 3.63) is 0 Å². The zero-order valence-electron chi connectivity index (χ0n) is 11.0. The Bertz CT molecular complexity index is 242. The van der Waals surface area contributed by atoms with Gasteiger partial charge in [-0.25, -0.2) is 0 Å². The first-order valence-electron chi connectivity index (χ1n) is 6.16. The van der Waals surface area contributed by atoms with Crippen molar-refractivity contribution in [1.82, 2.24) is 15.5 Å². The van der Waals surface area contributed by atoms with Crippen LogP contribution in [0.3, 0.4) is 0 Å². The van der Waals surface area contributed by atoms with Crippen LogP contribution in [0.1, 0.15) is 27.2 Å². The molecule has 1 unspecified atom stereocenters. The predicted molar refractivity (Wildman–Crippen MR) is 66.4 cm³/mol. The Morgan fingerprint density at radius 1 is 1.50 bits per heavy atom. The first kappa shape index (κ1) is 13.5. The van der Waals surface area contributed by atoms with Gasteiger partial charge in [-0.2, -0.15) is 0 Å². The molecule has 0 aromatic heterocycles. The summed E-state index contributed by atoms with van der Waals surface area (Å²) in [4.78, 5) is 14.1. The fraction of sp³-hybridized carbons (Fsp3) is 0.917. The largest absolute Gasteiger partial charge is 0.359 e. The van der Waals surface area contributed by atoms with E-state index in [1.807, 2.05) is 0 Å². The van der Waals surface area contributed by atoms with Gasteiger partial charge < -0.3 is 15.5 Å². The fourth-order valence-electron chi connectivity index (χ4n) is 2.25. The average Bonchev–Trinajstić information content (AvgIpc) is 2.60. The van der Waals surface area contributed by atoms with Crippen LogP contribution in [0.15, 0.2) is 0 Å². The van der Waals surface area contributed by atoms with Gasteiger partial charge in [0.15, 0.2) is 0 Å². The summed E-state index contributed by atoms with van der Waals surface area (Å²) >= 11 is 0. The summed E-state index contributed by atoms with van der Waals surface area (Å²) in [6, 6.07) is 0.535. The van der Waals surface area contributed by atoms with E-state index >= 15 is 0 Å². The molecule has 0 spiro atoms. The average molecular weight is 227 g/mol. The van der Waals surface area contributed by atoms with Crippen LogP contribution < -0.4 is 10.6 Å². The maximum absolute atomic E-state index is 11.7. The van der Waals surface area contributed by atoms with Crippen LogP contribution in [0, 0.1) is 5.41 Å². The Kier molecular flexibility index (Phi) is 4.74. The molecule has 0 bridgehead atoms. The fourth-order valence-corrected chi connectivity index (χ4v) is 2.25. The molecule has 1 heterocycles. The van der Waals surface area contributed by atoms with E-state index in [4.69, 9.17) is 0 Å². The molecule has 16 heavy (non-hydrogen) atoms. The summed E-state index contributed by atoms with van der Waals surface area (Å²) in [5.41, 5.74) is -0.188. The topological polar surface area (TPSA) is 44.4 Å². The molecule has 1 aliphatic heterocycles. The molecule has 1 fully saturated rings. The molecule has 1 saturated heterocycles. The van der Waals surface area contributed by atoms with Gasteiger partial charge in [-0.1, -0.05) is 13.8 Å². The molecule has 4 heteroatoms. The summed E-state index contributed by atoms with van der Waals surface area (Å²) in [5, 5.41) is 6.16. The summed E-state index contributed by atoms with van der Waals surface area (Å²) in [6.45, 7) is 10.3. The lowest BCUT2D eigenvalue weighted by Crippen LogP contribution is -2.40. The van der Waals surface area contributed by atoms with Crippen molar-refractivity contribution in [2.24, 2.45) is 5.41 Å². The SMILES string of the molecule is CNC(=O)C1(C)CCN(CCNC(C)C)C1. The van der Waals surface area contributed by atoms with Gasteiger partial charge in [-0.15, -0.1) is 0 Å². The number of amides is 1. The Hall–Kier alpha value is -0.610. The van der Waals surface area contributed by atoms with Crippen molar-refractivity contribution >= 4 is 5.91 Å². The third kappa shape index (κ3) is 3.46. The summed E-state index contributed by atoms with van der Waals surface area (Å²) in [6.07, 6.45) is 0.967. The number of carbonyl (C=O) groups excluding carboxylic acids is 1. The van der Waals surface area contributed by atoms with Crippen molar-refractivity contribution in [2.75, 3.05) is 33.2 Å². The van der Waals surface area contributed by atoms with Crippen molar-refractivity contribution in [1.29, 1.82) is 0 Å². The number of likely N-dealkylation sites (tertiary alicyclic amines) is 1. The van der Waals surface area contributed by atoms with E-state index in [0.29, 0.717) is 6.04 Å². The van der Waals surface area contributed by atoms with Gasteiger partial charge in [0, 0.05) is 32.7 Å². The lowest BCUT2D eigenvalue weighted by Gasteiger charge is -2.23. The van der Waals surface area contributed by atoms with Gasteiger partial charge in [0.05, 0.1) is 5.41 Å². The predicted octanol–water partition coefficient (Wildman–Crippen LogP) is 0.442. The maximum atomic E-state index is 11.7. The smallest absolute Gasteiger partial charge is 0.227 e. The van der Waals surface area contributed by atoms with Crippen molar-refractivity contribution in [3.63, 3.8) is 0 Å². The highest BCUT2D eigenvalue weighted by molar-refractivity contribution is 5.82. The molecule has 4 nitrogen and oxygen atoms in total. The van der Waals surface area contributed by atoms with Gasteiger partial charge >= 0.3 is 0 Å². The molecule has 2 N–H and O–H groups in total. The molecule has 0 aliphatic carbocycles. The summed E-state index contributed by atoms with van der Waals surface area (Å²) < 4.78 is 0. The Labute approximate surface area is 98.8 Å². The number of nitrogens with zero attached hydrogens (tertiary/aromatic N) is 1. The molecule has 0 saturated carbocycles. The number of hydrogen-bond donors (Lipinski definition) is 2. The minimum Gasteiger partial charge on any atom is -0.359 e. The zero-order valence-corrected chi connectivity index (χ0v) is 11.0. The molecule has 1 amide bonds. The van der Waals surface area contributed by atoms with E-state index in [2.05, 4.69) is 36.3 Å². The maximum Gasteiger partial charge on any atom is 0.227 e. The van der Waals surface area contributed by atoms with E-state index in [1.165, 1.54) is 0 Å². The molecule has 0 aromatic carbocycles. The Morgan fingerprint density at radius 3 is 2.75 bits per heavy atom. The summed E-state index contributed by atoms with van der Waals surface area (Å²) in [7, 11) is 1.72. The molecular formula is C12H25N3O. The van der Waals surface area contributed by atoms with E-state index in [0.717, 1.165) is 32.6 Å². The van der Waals surface area contributed by atoms with Crippen LogP contribution in [0.25, 0.3) is 0 Å². The van der Waals surface area contributed by atoms with Gasteiger partial charge in [-0.05, 0) is 19.9 Å². The summed E-state index contributed by atoms with van der Waals surface area (Å²) in [5.74, 6) is 0.173. The highest BCUT2D eigenvalue weighted by Crippen LogP contribution is 2.29. The molecule has 1 aliphatic rings. The monoisotopic (exact) mass is 227 g/mol. The lowest BCUT2D eigenvalue weighted by molar-refractivity contribution is -0.129. The Morgan fingerprint density at radius 2 is 2.19 bits per heavy atom. The van der Waals surface area contributed by atoms with E-state index in [1.54, 1.807) is 7.05 Å². The number of carbonyl (C=O) groups is 1. The van der Waals surface area contributed by atoms with Gasteiger partial charge in [0.25, 0.3) is 0 Å². The van der Waals surface area contributed by atoms with Crippen LogP contribution >= 0.6 is 0 Å². The first-order valence-corrected chi connectivity index (χ1v) is 6.16. The molecule has 1 rings (SSSR count). The third-order valence-electron chi connectivity index (χ3n) is 3.31. The normalized spacial score (nSPS) is 26.3. The van der Waals surface area contributed by atoms with Crippen molar-refractivity contribution in [2.45, 2.75) is 33.2 Å². The number of nitrogens with one attached hydrogen (secondary N) is 2. The highest BCUT2D eigenvalue weighted by Gasteiger charge is 2.39. The van der Waals surface area contributed by atoms with E-state index < -0.39 is 0 Å². The van der Waals surface area contributed by atoms with Crippen LogP contribution in [0.5, 0.6) is 0 Å².